The molecular weight excluding hydrogens is 330 g/mol. The van der Waals surface area contributed by atoms with Crippen molar-refractivity contribution in [2.75, 3.05) is 4.72 Å². The van der Waals surface area contributed by atoms with E-state index in [2.05, 4.69) is 30.6 Å². The summed E-state index contributed by atoms with van der Waals surface area (Å²) < 4.78 is 26.6. The van der Waals surface area contributed by atoms with Gasteiger partial charge in [-0.05, 0) is 28.1 Å². The summed E-state index contributed by atoms with van der Waals surface area (Å²) >= 11 is 8.88. The van der Waals surface area contributed by atoms with Gasteiger partial charge < -0.3 is 4.98 Å². The Labute approximate surface area is 111 Å². The van der Waals surface area contributed by atoms with Gasteiger partial charge in [0.05, 0.1) is 16.4 Å². The third kappa shape index (κ3) is 2.80. The minimum atomic E-state index is -3.58. The average Bonchev–Trinajstić information content (AvgIpc) is 2.77. The largest absolute Gasteiger partial charge is 0.366 e. The Morgan fingerprint density at radius 3 is 2.82 bits per heavy atom. The van der Waals surface area contributed by atoms with Crippen LogP contribution in [-0.4, -0.2) is 18.4 Å². The summed E-state index contributed by atoms with van der Waals surface area (Å²) in [5, 5.41) is 0.273. The zero-order valence-electron chi connectivity index (χ0n) is 8.31. The Bertz CT molecular complexity index is 628. The smallest absolute Gasteiger partial charge is 0.263 e. The van der Waals surface area contributed by atoms with Gasteiger partial charge in [0.15, 0.2) is 0 Å². The molecule has 2 rings (SSSR count). The van der Waals surface area contributed by atoms with E-state index in [1.165, 1.54) is 24.7 Å². The zero-order chi connectivity index (χ0) is 12.5. The summed E-state index contributed by atoms with van der Waals surface area (Å²) in [7, 11) is -3.58. The normalized spacial score (nSPS) is 11.4. The lowest BCUT2D eigenvalue weighted by atomic mass is 10.4. The van der Waals surface area contributed by atoms with Gasteiger partial charge in [0.2, 0.25) is 0 Å². The molecule has 0 aliphatic rings. The Hall–Kier alpha value is -1.05. The molecule has 0 unspecified atom stereocenters. The predicted octanol–water partition coefficient (Wildman–Crippen LogP) is 2.63. The topological polar surface area (TPSA) is 74.8 Å². The number of aromatic amines is 1. The van der Waals surface area contributed by atoms with E-state index in [4.69, 9.17) is 11.6 Å². The summed E-state index contributed by atoms with van der Waals surface area (Å²) in [6, 6.07) is 3.00. The minimum Gasteiger partial charge on any atom is -0.366 e. The van der Waals surface area contributed by atoms with Gasteiger partial charge in [-0.15, -0.1) is 0 Å². The van der Waals surface area contributed by atoms with E-state index in [9.17, 15) is 8.42 Å². The van der Waals surface area contributed by atoms with Crippen molar-refractivity contribution >= 4 is 43.2 Å². The van der Waals surface area contributed by atoms with Crippen LogP contribution in [0, 0.1) is 0 Å². The van der Waals surface area contributed by atoms with Crippen LogP contribution in [0.1, 0.15) is 0 Å². The molecule has 0 saturated carbocycles. The molecule has 0 aliphatic heterocycles. The van der Waals surface area contributed by atoms with Gasteiger partial charge in [0.1, 0.15) is 10.0 Å². The van der Waals surface area contributed by atoms with Gasteiger partial charge in [-0.2, -0.15) is 0 Å². The van der Waals surface area contributed by atoms with Gasteiger partial charge in [-0.25, -0.2) is 13.4 Å². The zero-order valence-corrected chi connectivity index (χ0v) is 11.5. The molecule has 90 valence electrons. The summed E-state index contributed by atoms with van der Waals surface area (Å²) in [5.41, 5.74) is 0.336. The van der Waals surface area contributed by atoms with Crippen molar-refractivity contribution in [2.45, 2.75) is 4.90 Å². The monoisotopic (exact) mass is 335 g/mol. The Balaban J connectivity index is 2.30. The molecule has 2 N–H and O–H groups in total. The van der Waals surface area contributed by atoms with Crippen LogP contribution in [0.15, 0.2) is 40.1 Å². The maximum Gasteiger partial charge on any atom is 0.263 e. The summed E-state index contributed by atoms with van der Waals surface area (Å²) in [6.07, 6.45) is 4.27. The van der Waals surface area contributed by atoms with E-state index in [1.807, 2.05) is 0 Å². The molecule has 0 amide bonds. The number of hydrogen-bond acceptors (Lipinski definition) is 3. The molecule has 0 aromatic carbocycles. The van der Waals surface area contributed by atoms with Crippen LogP contribution >= 0.6 is 27.5 Å². The lowest BCUT2D eigenvalue weighted by Crippen LogP contribution is -2.12. The number of aromatic nitrogens is 2. The fourth-order valence-corrected chi connectivity index (χ4v) is 2.63. The van der Waals surface area contributed by atoms with Crippen molar-refractivity contribution in [1.29, 1.82) is 0 Å². The van der Waals surface area contributed by atoms with E-state index >= 15 is 0 Å². The van der Waals surface area contributed by atoms with Crippen molar-refractivity contribution in [2.24, 2.45) is 0 Å². The number of nitrogens with zero attached hydrogens (tertiary/aromatic N) is 1. The molecule has 2 aromatic rings. The molecule has 0 spiro atoms. The predicted molar refractivity (Wildman–Crippen MR) is 68.5 cm³/mol. The molecular formula is C9H7BrClN3O2S. The maximum atomic E-state index is 11.9. The fraction of sp³-hybridized carbons (Fsp3) is 0. The number of hydrogen-bond donors (Lipinski definition) is 2. The molecule has 0 aliphatic carbocycles. The van der Waals surface area contributed by atoms with E-state index in [-0.39, 0.29) is 10.0 Å². The van der Waals surface area contributed by atoms with Crippen LogP contribution in [0.5, 0.6) is 0 Å². The first-order valence-electron chi connectivity index (χ1n) is 4.46. The summed E-state index contributed by atoms with van der Waals surface area (Å²) in [6.45, 7) is 0. The van der Waals surface area contributed by atoms with Crippen molar-refractivity contribution in [3.63, 3.8) is 0 Å². The molecule has 0 radical (unpaired) electrons. The highest BCUT2D eigenvalue weighted by molar-refractivity contribution is 9.10. The van der Waals surface area contributed by atoms with Crippen molar-refractivity contribution < 1.29 is 8.42 Å². The number of sulfonamides is 1. The summed E-state index contributed by atoms with van der Waals surface area (Å²) in [4.78, 5) is 6.66. The number of nitrogens with one attached hydrogen (secondary N) is 2. The number of pyridine rings is 1. The number of halogens is 2. The highest BCUT2D eigenvalue weighted by Gasteiger charge is 2.15. The second-order valence-corrected chi connectivity index (χ2v) is 6.04. The van der Waals surface area contributed by atoms with Crippen LogP contribution in [0.3, 0.4) is 0 Å². The molecule has 8 heteroatoms. The second kappa shape index (κ2) is 4.67. The van der Waals surface area contributed by atoms with E-state index < -0.39 is 10.0 Å². The first kappa shape index (κ1) is 12.4. The third-order valence-electron chi connectivity index (χ3n) is 1.93. The SMILES string of the molecule is O=S(=O)(Nc1cnc(Cl)c(Br)c1)c1cc[nH]c1. The molecule has 2 heterocycles. The minimum absolute atomic E-state index is 0.156. The van der Waals surface area contributed by atoms with Crippen molar-refractivity contribution in [3.8, 4) is 0 Å². The quantitative estimate of drug-likeness (QED) is 0.846. The molecule has 17 heavy (non-hydrogen) atoms. The van der Waals surface area contributed by atoms with Crippen LogP contribution in [-0.2, 0) is 10.0 Å². The van der Waals surface area contributed by atoms with Gasteiger partial charge in [-0.1, -0.05) is 11.6 Å². The van der Waals surface area contributed by atoms with E-state index in [1.54, 1.807) is 6.07 Å². The van der Waals surface area contributed by atoms with Crippen molar-refractivity contribution in [3.05, 3.63) is 40.3 Å². The van der Waals surface area contributed by atoms with Gasteiger partial charge in [0, 0.05) is 12.4 Å². The second-order valence-electron chi connectivity index (χ2n) is 3.15. The number of H-pyrrole nitrogens is 1. The fourth-order valence-electron chi connectivity index (χ4n) is 1.17. The van der Waals surface area contributed by atoms with Crippen LogP contribution in [0.2, 0.25) is 5.15 Å². The number of anilines is 1. The van der Waals surface area contributed by atoms with Crippen molar-refractivity contribution in [1.82, 2.24) is 9.97 Å². The van der Waals surface area contributed by atoms with Crippen LogP contribution < -0.4 is 4.72 Å². The molecule has 0 bridgehead atoms. The van der Waals surface area contributed by atoms with Gasteiger partial charge >= 0.3 is 0 Å². The Morgan fingerprint density at radius 1 is 1.47 bits per heavy atom. The lowest BCUT2D eigenvalue weighted by Gasteiger charge is -2.06. The van der Waals surface area contributed by atoms with Gasteiger partial charge in [-0.3, -0.25) is 4.72 Å². The first-order chi connectivity index (χ1) is 7.99. The van der Waals surface area contributed by atoms with Crippen LogP contribution in [0.25, 0.3) is 0 Å². The maximum absolute atomic E-state index is 11.9. The molecule has 5 nitrogen and oxygen atoms in total. The molecule has 0 fully saturated rings. The summed E-state index contributed by atoms with van der Waals surface area (Å²) in [5.74, 6) is 0. The standard InChI is InChI=1S/C9H7BrClN3O2S/c10-8-3-6(4-13-9(8)11)14-17(15,16)7-1-2-12-5-7/h1-5,12,14H. The first-order valence-corrected chi connectivity index (χ1v) is 7.11. The highest BCUT2D eigenvalue weighted by Crippen LogP contribution is 2.24. The molecule has 0 saturated heterocycles. The average molecular weight is 337 g/mol. The van der Waals surface area contributed by atoms with E-state index in [0.29, 0.717) is 10.2 Å². The molecule has 2 aromatic heterocycles. The highest BCUT2D eigenvalue weighted by atomic mass is 79.9. The van der Waals surface area contributed by atoms with E-state index in [0.717, 1.165) is 0 Å². The van der Waals surface area contributed by atoms with Crippen LogP contribution in [0.4, 0.5) is 5.69 Å². The molecule has 0 atom stereocenters. The van der Waals surface area contributed by atoms with Gasteiger partial charge in [0.25, 0.3) is 10.0 Å². The number of rotatable bonds is 3. The Kier molecular flexibility index (Phi) is 3.41. The Morgan fingerprint density at radius 2 is 2.24 bits per heavy atom. The third-order valence-corrected chi connectivity index (χ3v) is 4.44. The lowest BCUT2D eigenvalue weighted by molar-refractivity contribution is 0.601.